The number of β-lactam (4-membered cyclic amide) rings is 1. The number of allylic oxidation sites excluding steroid dienone is 2. The first-order valence-electron chi connectivity index (χ1n) is 10.7. The molecule has 2 amide bonds. The van der Waals surface area contributed by atoms with Gasteiger partial charge in [-0.3, -0.25) is 14.7 Å². The molecule has 2 saturated heterocycles. The van der Waals surface area contributed by atoms with Gasteiger partial charge in [-0.05, 0) is 57.4 Å². The molecule has 8 nitrogen and oxygen atoms in total. The minimum Gasteiger partial charge on any atom is -0.457 e. The maximum absolute atomic E-state index is 12.8. The molecule has 172 valence electrons. The van der Waals surface area contributed by atoms with Crippen molar-refractivity contribution in [2.45, 2.75) is 51.8 Å². The molecular weight excluding hydrogens is 410 g/mol. The number of nitrogens with zero attached hydrogens (tertiary/aromatic N) is 3. The predicted molar refractivity (Wildman–Crippen MR) is 119 cm³/mol. The fourth-order valence-corrected chi connectivity index (χ4v) is 4.27. The van der Waals surface area contributed by atoms with E-state index in [-0.39, 0.29) is 23.8 Å². The van der Waals surface area contributed by atoms with Gasteiger partial charge >= 0.3 is 12.1 Å². The Bertz CT molecular complexity index is 940. The molecule has 3 rings (SSSR count). The summed E-state index contributed by atoms with van der Waals surface area (Å²) in [6, 6.07) is 3.13. The van der Waals surface area contributed by atoms with E-state index in [0.717, 1.165) is 11.1 Å². The second-order valence-corrected chi connectivity index (χ2v) is 9.24. The highest BCUT2D eigenvalue weighted by atomic mass is 16.6. The lowest BCUT2D eigenvalue weighted by molar-refractivity contribution is -0.151. The van der Waals surface area contributed by atoms with Crippen LogP contribution >= 0.6 is 0 Å². The number of hydrogen-bond acceptors (Lipinski definition) is 6. The average molecular weight is 442 g/mol. The molecule has 32 heavy (non-hydrogen) atoms. The predicted octanol–water partition coefficient (Wildman–Crippen LogP) is 3.05. The molecule has 3 unspecified atom stereocenters. The fraction of sp³-hybridized carbons (Fsp3) is 0.500. The average Bonchev–Trinajstić information content (AvgIpc) is 3.10. The first kappa shape index (κ1) is 23.5. The van der Waals surface area contributed by atoms with E-state index >= 15 is 0 Å². The number of fused-ring (bicyclic) bond motifs is 1. The van der Waals surface area contributed by atoms with Crippen LogP contribution in [0, 0.1) is 5.92 Å². The third kappa shape index (κ3) is 4.84. The summed E-state index contributed by atoms with van der Waals surface area (Å²) in [6.45, 7) is 7.62. The summed E-state index contributed by atoms with van der Waals surface area (Å²) in [6.07, 6.45) is 7.24. The molecule has 0 aliphatic carbocycles. The first-order chi connectivity index (χ1) is 15.0. The molecule has 2 fully saturated rings. The van der Waals surface area contributed by atoms with Crippen LogP contribution in [0.1, 0.15) is 39.7 Å². The van der Waals surface area contributed by atoms with Gasteiger partial charge in [-0.2, -0.15) is 0 Å². The van der Waals surface area contributed by atoms with Gasteiger partial charge < -0.3 is 14.4 Å². The van der Waals surface area contributed by atoms with Crippen molar-refractivity contribution in [1.82, 2.24) is 14.8 Å². The van der Waals surface area contributed by atoms with E-state index in [1.165, 1.54) is 12.0 Å². The number of amides is 2. The zero-order chi connectivity index (χ0) is 23.6. The van der Waals surface area contributed by atoms with E-state index in [1.807, 2.05) is 45.1 Å². The van der Waals surface area contributed by atoms with Gasteiger partial charge in [-0.15, -0.1) is 0 Å². The number of esters is 1. The van der Waals surface area contributed by atoms with Crippen molar-refractivity contribution < 1.29 is 23.9 Å². The summed E-state index contributed by atoms with van der Waals surface area (Å²) >= 11 is 0. The van der Waals surface area contributed by atoms with Crippen molar-refractivity contribution in [3.8, 4) is 0 Å². The maximum Gasteiger partial charge on any atom is 0.410 e. The number of carbonyl (C=O) groups is 3. The number of rotatable bonds is 5. The Kier molecular flexibility index (Phi) is 6.71. The van der Waals surface area contributed by atoms with Crippen LogP contribution in [0.15, 0.2) is 41.7 Å². The molecule has 8 heteroatoms. The lowest BCUT2D eigenvalue weighted by atomic mass is 9.84. The summed E-state index contributed by atoms with van der Waals surface area (Å²) in [5, 5.41) is 0. The number of likely N-dealkylation sites (tertiary alicyclic amines) is 2. The molecule has 0 aromatic carbocycles. The SMILES string of the molecule is COC(=O)N1CC(CC(/C=C/c2ccncc2)=C(\C)C(=O)OC(C)(C)C)C2C1C(=O)N2C. The second kappa shape index (κ2) is 9.14. The smallest absolute Gasteiger partial charge is 0.410 e. The number of ether oxygens (including phenoxy) is 2. The van der Waals surface area contributed by atoms with Gasteiger partial charge in [0.15, 0.2) is 0 Å². The van der Waals surface area contributed by atoms with Gasteiger partial charge in [0.25, 0.3) is 0 Å². The number of pyridine rings is 1. The number of aromatic nitrogens is 1. The normalized spacial score (nSPS) is 23.6. The quantitative estimate of drug-likeness (QED) is 0.302. The lowest BCUT2D eigenvalue weighted by Gasteiger charge is -2.44. The van der Waals surface area contributed by atoms with E-state index in [4.69, 9.17) is 9.47 Å². The van der Waals surface area contributed by atoms with Crippen LogP contribution in [0.5, 0.6) is 0 Å². The molecule has 0 saturated carbocycles. The number of likely N-dealkylation sites (N-methyl/N-ethyl adjacent to an activating group) is 1. The molecule has 3 heterocycles. The minimum atomic E-state index is -0.612. The van der Waals surface area contributed by atoms with Crippen molar-refractivity contribution in [1.29, 1.82) is 0 Å². The van der Waals surface area contributed by atoms with Gasteiger partial charge in [0, 0.05) is 37.5 Å². The largest absolute Gasteiger partial charge is 0.457 e. The molecular formula is C24H31N3O5. The molecule has 0 bridgehead atoms. The van der Waals surface area contributed by atoms with Crippen LogP contribution in [0.3, 0.4) is 0 Å². The van der Waals surface area contributed by atoms with Crippen LogP contribution in [0.2, 0.25) is 0 Å². The molecule has 1 aromatic rings. The van der Waals surface area contributed by atoms with Gasteiger partial charge in [-0.1, -0.05) is 12.2 Å². The van der Waals surface area contributed by atoms with Gasteiger partial charge in [0.05, 0.1) is 13.2 Å². The highest BCUT2D eigenvalue weighted by Crippen LogP contribution is 2.40. The molecule has 1 aromatic heterocycles. The molecule has 2 aliphatic rings. The zero-order valence-electron chi connectivity index (χ0n) is 19.5. The van der Waals surface area contributed by atoms with Gasteiger partial charge in [-0.25, -0.2) is 9.59 Å². The van der Waals surface area contributed by atoms with E-state index in [9.17, 15) is 14.4 Å². The number of methoxy groups -OCH3 is 1. The monoisotopic (exact) mass is 441 g/mol. The highest BCUT2D eigenvalue weighted by molar-refractivity contribution is 5.93. The summed E-state index contributed by atoms with van der Waals surface area (Å²) in [7, 11) is 3.06. The van der Waals surface area contributed by atoms with E-state index < -0.39 is 17.7 Å². The third-order valence-electron chi connectivity index (χ3n) is 5.88. The Labute approximate surface area is 188 Å². The lowest BCUT2D eigenvalue weighted by Crippen LogP contribution is -2.66. The van der Waals surface area contributed by atoms with Crippen molar-refractivity contribution in [2.75, 3.05) is 20.7 Å². The maximum atomic E-state index is 12.8. The van der Waals surface area contributed by atoms with E-state index in [0.29, 0.717) is 18.5 Å². The standard InChI is InChI=1S/C24H31N3O5/c1-15(22(29)32-24(2,3)4)17(8-7-16-9-11-25-12-10-16)13-18-14-27(23(30)31-6)20-19(18)26(5)21(20)28/h7-12,18-20H,13-14H2,1-6H3/b8-7+,17-15+. The van der Waals surface area contributed by atoms with E-state index in [1.54, 1.807) is 31.3 Å². The summed E-state index contributed by atoms with van der Waals surface area (Å²) in [5.41, 5.74) is 1.65. The Hall–Kier alpha value is -3.16. The van der Waals surface area contributed by atoms with Gasteiger partial charge in [0.2, 0.25) is 5.91 Å². The van der Waals surface area contributed by atoms with Gasteiger partial charge in [0.1, 0.15) is 11.6 Å². The van der Waals surface area contributed by atoms with Crippen molar-refractivity contribution in [2.24, 2.45) is 5.92 Å². The van der Waals surface area contributed by atoms with Crippen molar-refractivity contribution in [3.05, 3.63) is 47.3 Å². The fourth-order valence-electron chi connectivity index (χ4n) is 4.27. The first-order valence-corrected chi connectivity index (χ1v) is 10.7. The summed E-state index contributed by atoms with van der Waals surface area (Å²) < 4.78 is 10.5. The van der Waals surface area contributed by atoms with Crippen LogP contribution < -0.4 is 0 Å². The van der Waals surface area contributed by atoms with Crippen molar-refractivity contribution in [3.63, 3.8) is 0 Å². The molecule has 0 spiro atoms. The van der Waals surface area contributed by atoms with Crippen molar-refractivity contribution >= 4 is 24.0 Å². The number of carbonyl (C=O) groups excluding carboxylic acids is 3. The Morgan fingerprint density at radius 1 is 1.25 bits per heavy atom. The Morgan fingerprint density at radius 2 is 1.91 bits per heavy atom. The Morgan fingerprint density at radius 3 is 2.50 bits per heavy atom. The van der Waals surface area contributed by atoms with E-state index in [2.05, 4.69) is 4.98 Å². The zero-order valence-corrected chi connectivity index (χ0v) is 19.5. The topological polar surface area (TPSA) is 89.0 Å². The summed E-state index contributed by atoms with van der Waals surface area (Å²) in [5.74, 6) is -0.509. The molecule has 3 atom stereocenters. The van der Waals surface area contributed by atoms with Crippen LogP contribution in [-0.4, -0.2) is 71.1 Å². The third-order valence-corrected chi connectivity index (χ3v) is 5.88. The second-order valence-electron chi connectivity index (χ2n) is 9.24. The number of hydrogen-bond donors (Lipinski definition) is 0. The summed E-state index contributed by atoms with van der Waals surface area (Å²) in [4.78, 5) is 44.6. The van der Waals surface area contributed by atoms with Crippen LogP contribution in [0.4, 0.5) is 4.79 Å². The molecule has 0 radical (unpaired) electrons. The van der Waals surface area contributed by atoms with Crippen LogP contribution in [-0.2, 0) is 19.1 Å². The Balaban J connectivity index is 1.90. The highest BCUT2D eigenvalue weighted by Gasteiger charge is 2.59. The molecule has 2 aliphatic heterocycles. The minimum absolute atomic E-state index is 0.0312. The molecule has 0 N–H and O–H groups in total. The van der Waals surface area contributed by atoms with Crippen LogP contribution in [0.25, 0.3) is 6.08 Å².